The van der Waals surface area contributed by atoms with Gasteiger partial charge in [-0.1, -0.05) is 26.1 Å². The van der Waals surface area contributed by atoms with Crippen LogP contribution in [0.3, 0.4) is 0 Å². The lowest BCUT2D eigenvalue weighted by molar-refractivity contribution is 0.559. The SMILES string of the molecule is CCc1cnc(C(C)NS(=O)(=O)C(CC)C(N)=S)s1. The van der Waals surface area contributed by atoms with Crippen LogP contribution >= 0.6 is 23.6 Å². The molecule has 0 aliphatic rings. The second kappa shape index (κ2) is 6.74. The molecule has 0 aliphatic carbocycles. The Hall–Kier alpha value is -0.570. The molecule has 0 saturated carbocycles. The molecule has 108 valence electrons. The molecule has 1 heterocycles. The maximum absolute atomic E-state index is 12.2. The second-order valence-electron chi connectivity index (χ2n) is 4.20. The number of hydrogen-bond acceptors (Lipinski definition) is 5. The summed E-state index contributed by atoms with van der Waals surface area (Å²) in [6.07, 6.45) is 3.02. The highest BCUT2D eigenvalue weighted by molar-refractivity contribution is 7.93. The fourth-order valence-electron chi connectivity index (χ4n) is 1.64. The molecule has 0 amide bonds. The number of thiazole rings is 1. The minimum Gasteiger partial charge on any atom is -0.392 e. The molecule has 3 N–H and O–H groups in total. The van der Waals surface area contributed by atoms with Gasteiger partial charge in [-0.3, -0.25) is 0 Å². The Morgan fingerprint density at radius 2 is 2.21 bits per heavy atom. The summed E-state index contributed by atoms with van der Waals surface area (Å²) in [6.45, 7) is 5.54. The lowest BCUT2D eigenvalue weighted by Gasteiger charge is -2.18. The second-order valence-corrected chi connectivity index (χ2v) is 7.72. The minimum absolute atomic E-state index is 0.00409. The third kappa shape index (κ3) is 4.20. The quantitative estimate of drug-likeness (QED) is 0.747. The summed E-state index contributed by atoms with van der Waals surface area (Å²) in [5.74, 6) is 0. The van der Waals surface area contributed by atoms with Gasteiger partial charge in [-0.2, -0.15) is 0 Å². The van der Waals surface area contributed by atoms with E-state index < -0.39 is 15.3 Å². The predicted molar refractivity (Wildman–Crippen MR) is 82.8 cm³/mol. The Morgan fingerprint density at radius 1 is 1.58 bits per heavy atom. The normalized spacial score (nSPS) is 15.1. The molecular formula is C11H19N3O2S3. The molecule has 1 aromatic heterocycles. The van der Waals surface area contributed by atoms with E-state index in [2.05, 4.69) is 9.71 Å². The van der Waals surface area contributed by atoms with Gasteiger partial charge in [0.25, 0.3) is 0 Å². The van der Waals surface area contributed by atoms with Crippen LogP contribution in [-0.4, -0.2) is 23.6 Å². The molecule has 1 aromatic rings. The van der Waals surface area contributed by atoms with Crippen molar-refractivity contribution in [3.63, 3.8) is 0 Å². The first-order chi connectivity index (χ1) is 8.81. The van der Waals surface area contributed by atoms with Crippen molar-refractivity contribution >= 4 is 38.6 Å². The van der Waals surface area contributed by atoms with Crippen molar-refractivity contribution in [2.24, 2.45) is 5.73 Å². The van der Waals surface area contributed by atoms with Crippen LogP contribution in [0, 0.1) is 0 Å². The molecule has 0 radical (unpaired) electrons. The third-order valence-electron chi connectivity index (χ3n) is 2.69. The average Bonchev–Trinajstić information content (AvgIpc) is 2.76. The fourth-order valence-corrected chi connectivity index (χ4v) is 4.63. The molecule has 0 aliphatic heterocycles. The van der Waals surface area contributed by atoms with E-state index in [1.54, 1.807) is 20.0 Å². The zero-order chi connectivity index (χ0) is 14.6. The largest absolute Gasteiger partial charge is 0.392 e. The van der Waals surface area contributed by atoms with E-state index in [4.69, 9.17) is 18.0 Å². The van der Waals surface area contributed by atoms with Gasteiger partial charge in [0.05, 0.1) is 11.0 Å². The Labute approximate surface area is 123 Å². The Kier molecular flexibility index (Phi) is 5.84. The summed E-state index contributed by atoms with van der Waals surface area (Å²) in [5.41, 5.74) is 5.47. The third-order valence-corrected chi connectivity index (χ3v) is 6.47. The average molecular weight is 321 g/mol. The number of rotatable bonds is 7. The number of nitrogens with two attached hydrogens (primary N) is 1. The number of aromatic nitrogens is 1. The van der Waals surface area contributed by atoms with Crippen LogP contribution < -0.4 is 10.5 Å². The number of aryl methyl sites for hydroxylation is 1. The van der Waals surface area contributed by atoms with Gasteiger partial charge in [0, 0.05) is 11.1 Å². The molecule has 0 bridgehead atoms. The van der Waals surface area contributed by atoms with Crippen LogP contribution in [0.4, 0.5) is 0 Å². The molecule has 8 heteroatoms. The molecule has 0 saturated heterocycles. The lowest BCUT2D eigenvalue weighted by atomic mass is 10.3. The number of hydrogen-bond donors (Lipinski definition) is 2. The summed E-state index contributed by atoms with van der Waals surface area (Å²) >= 11 is 6.31. The van der Waals surface area contributed by atoms with Gasteiger partial charge in [0.2, 0.25) is 10.0 Å². The van der Waals surface area contributed by atoms with Gasteiger partial charge >= 0.3 is 0 Å². The van der Waals surface area contributed by atoms with E-state index in [-0.39, 0.29) is 11.0 Å². The van der Waals surface area contributed by atoms with Crippen LogP contribution in [-0.2, 0) is 16.4 Å². The van der Waals surface area contributed by atoms with Crippen LogP contribution in [0.2, 0.25) is 0 Å². The molecule has 19 heavy (non-hydrogen) atoms. The van der Waals surface area contributed by atoms with Crippen LogP contribution in [0.5, 0.6) is 0 Å². The Bertz CT molecular complexity index is 539. The van der Waals surface area contributed by atoms with E-state index in [0.29, 0.717) is 6.42 Å². The molecule has 0 spiro atoms. The van der Waals surface area contributed by atoms with Crippen molar-refractivity contribution in [3.05, 3.63) is 16.1 Å². The van der Waals surface area contributed by atoms with Gasteiger partial charge in [-0.25, -0.2) is 18.1 Å². The van der Waals surface area contributed by atoms with Gasteiger partial charge in [0.15, 0.2) is 0 Å². The van der Waals surface area contributed by atoms with E-state index in [0.717, 1.165) is 16.3 Å². The highest BCUT2D eigenvalue weighted by atomic mass is 32.2. The minimum atomic E-state index is -3.57. The van der Waals surface area contributed by atoms with E-state index in [1.165, 1.54) is 11.3 Å². The Morgan fingerprint density at radius 3 is 2.63 bits per heavy atom. The summed E-state index contributed by atoms with van der Waals surface area (Å²) in [7, 11) is -3.57. The smallest absolute Gasteiger partial charge is 0.221 e. The van der Waals surface area contributed by atoms with Crippen molar-refractivity contribution < 1.29 is 8.42 Å². The molecule has 2 atom stereocenters. The van der Waals surface area contributed by atoms with E-state index in [9.17, 15) is 8.42 Å². The first-order valence-electron chi connectivity index (χ1n) is 6.06. The number of thiocarbonyl (C=S) groups is 1. The standard InChI is InChI=1S/C11H19N3O2S3/c1-4-8-6-13-11(18-8)7(3)14-19(15,16)9(5-2)10(12)17/h6-7,9,14H,4-5H2,1-3H3,(H2,12,17). The number of nitrogens with one attached hydrogen (secondary N) is 1. The van der Waals surface area contributed by atoms with Crippen molar-refractivity contribution in [1.29, 1.82) is 0 Å². The van der Waals surface area contributed by atoms with Gasteiger partial charge < -0.3 is 5.73 Å². The van der Waals surface area contributed by atoms with E-state index >= 15 is 0 Å². The lowest BCUT2D eigenvalue weighted by Crippen LogP contribution is -2.42. The Balaban J connectivity index is 2.85. The van der Waals surface area contributed by atoms with Crippen molar-refractivity contribution in [1.82, 2.24) is 9.71 Å². The number of nitrogens with zero attached hydrogens (tertiary/aromatic N) is 1. The molecule has 2 unspecified atom stereocenters. The molecule has 0 fully saturated rings. The fraction of sp³-hybridized carbons (Fsp3) is 0.636. The summed E-state index contributed by atoms with van der Waals surface area (Å²) < 4.78 is 26.9. The summed E-state index contributed by atoms with van der Waals surface area (Å²) in [6, 6.07) is -0.376. The highest BCUT2D eigenvalue weighted by Crippen LogP contribution is 2.21. The van der Waals surface area contributed by atoms with Crippen molar-refractivity contribution in [2.75, 3.05) is 0 Å². The predicted octanol–water partition coefficient (Wildman–Crippen LogP) is 1.75. The highest BCUT2D eigenvalue weighted by Gasteiger charge is 2.28. The maximum Gasteiger partial charge on any atom is 0.221 e. The van der Waals surface area contributed by atoms with Gasteiger partial charge in [0.1, 0.15) is 10.3 Å². The topological polar surface area (TPSA) is 85.1 Å². The monoisotopic (exact) mass is 321 g/mol. The van der Waals surface area contributed by atoms with Crippen molar-refractivity contribution in [2.45, 2.75) is 44.9 Å². The molecule has 1 rings (SSSR count). The summed E-state index contributed by atoms with van der Waals surface area (Å²) in [5, 5.41) is -0.0891. The number of sulfonamides is 1. The van der Waals surface area contributed by atoms with Gasteiger partial charge in [-0.05, 0) is 19.8 Å². The zero-order valence-electron chi connectivity index (χ0n) is 11.2. The van der Waals surface area contributed by atoms with Crippen LogP contribution in [0.1, 0.15) is 43.1 Å². The molecule has 0 aromatic carbocycles. The molecular weight excluding hydrogens is 302 g/mol. The first kappa shape index (κ1) is 16.5. The zero-order valence-corrected chi connectivity index (χ0v) is 13.7. The van der Waals surface area contributed by atoms with Crippen molar-refractivity contribution in [3.8, 4) is 0 Å². The van der Waals surface area contributed by atoms with E-state index in [1.807, 2.05) is 6.92 Å². The van der Waals surface area contributed by atoms with Crippen LogP contribution in [0.15, 0.2) is 6.20 Å². The maximum atomic E-state index is 12.2. The molecule has 5 nitrogen and oxygen atoms in total. The first-order valence-corrected chi connectivity index (χ1v) is 8.84. The van der Waals surface area contributed by atoms with Crippen LogP contribution in [0.25, 0.3) is 0 Å². The van der Waals surface area contributed by atoms with Gasteiger partial charge in [-0.15, -0.1) is 11.3 Å². The summed E-state index contributed by atoms with van der Waals surface area (Å²) in [4.78, 5) is 5.35.